The summed E-state index contributed by atoms with van der Waals surface area (Å²) in [7, 11) is 0. The molecule has 2 nitrogen and oxygen atoms in total. The molecule has 2 aromatic carbocycles. The molecule has 0 bridgehead atoms. The molecule has 0 saturated carbocycles. The fourth-order valence-corrected chi connectivity index (χ4v) is 1.46. The van der Waals surface area contributed by atoms with Gasteiger partial charge in [-0.05, 0) is 42.8 Å². The standard InChI is InChI=1S/C14H12FNO/c1-10-3-2-4-11(14(10)17)9-16-13-7-5-12(15)6-8-13/h2-9,17H,1H3. The summed E-state index contributed by atoms with van der Waals surface area (Å²) in [5, 5.41) is 9.77. The maximum atomic E-state index is 12.7. The number of aromatic hydroxyl groups is 1. The Morgan fingerprint density at radius 2 is 1.82 bits per heavy atom. The van der Waals surface area contributed by atoms with Gasteiger partial charge >= 0.3 is 0 Å². The lowest BCUT2D eigenvalue weighted by atomic mass is 10.1. The zero-order valence-electron chi connectivity index (χ0n) is 9.39. The molecule has 0 aliphatic heterocycles. The van der Waals surface area contributed by atoms with Crippen molar-refractivity contribution in [3.05, 3.63) is 59.4 Å². The van der Waals surface area contributed by atoms with E-state index in [1.54, 1.807) is 24.4 Å². The smallest absolute Gasteiger partial charge is 0.127 e. The first-order valence-electron chi connectivity index (χ1n) is 5.25. The van der Waals surface area contributed by atoms with E-state index in [-0.39, 0.29) is 11.6 Å². The molecule has 1 N–H and O–H groups in total. The topological polar surface area (TPSA) is 32.6 Å². The van der Waals surface area contributed by atoms with E-state index >= 15 is 0 Å². The first-order chi connectivity index (χ1) is 8.16. The lowest BCUT2D eigenvalue weighted by molar-refractivity contribution is 0.470. The normalized spacial score (nSPS) is 10.9. The van der Waals surface area contributed by atoms with Gasteiger partial charge in [0.2, 0.25) is 0 Å². The Morgan fingerprint density at radius 3 is 2.53 bits per heavy atom. The number of hydrogen-bond acceptors (Lipinski definition) is 2. The van der Waals surface area contributed by atoms with Crippen molar-refractivity contribution in [1.29, 1.82) is 0 Å². The molecule has 0 unspecified atom stereocenters. The van der Waals surface area contributed by atoms with E-state index < -0.39 is 0 Å². The van der Waals surface area contributed by atoms with Crippen molar-refractivity contribution in [1.82, 2.24) is 0 Å². The maximum absolute atomic E-state index is 12.7. The highest BCUT2D eigenvalue weighted by Crippen LogP contribution is 2.20. The van der Waals surface area contributed by atoms with Gasteiger partial charge in [0.1, 0.15) is 11.6 Å². The summed E-state index contributed by atoms with van der Waals surface area (Å²) in [6.07, 6.45) is 1.57. The van der Waals surface area contributed by atoms with Gasteiger partial charge in [-0.25, -0.2) is 4.39 Å². The zero-order chi connectivity index (χ0) is 12.3. The number of rotatable bonds is 2. The average Bonchev–Trinajstić information content (AvgIpc) is 2.33. The summed E-state index contributed by atoms with van der Waals surface area (Å²) in [4.78, 5) is 4.17. The van der Waals surface area contributed by atoms with Crippen molar-refractivity contribution in [2.24, 2.45) is 4.99 Å². The summed E-state index contributed by atoms with van der Waals surface area (Å²) in [5.41, 5.74) is 2.09. The molecule has 17 heavy (non-hydrogen) atoms. The molecule has 0 saturated heterocycles. The molecule has 2 aromatic rings. The van der Waals surface area contributed by atoms with Gasteiger partial charge in [0.25, 0.3) is 0 Å². The number of aliphatic imine (C=N–C) groups is 1. The largest absolute Gasteiger partial charge is 0.507 e. The first-order valence-corrected chi connectivity index (χ1v) is 5.25. The quantitative estimate of drug-likeness (QED) is 0.784. The lowest BCUT2D eigenvalue weighted by Gasteiger charge is -2.01. The Morgan fingerprint density at radius 1 is 1.12 bits per heavy atom. The molecule has 86 valence electrons. The molecular weight excluding hydrogens is 217 g/mol. The van der Waals surface area contributed by atoms with Crippen LogP contribution in [-0.2, 0) is 0 Å². The van der Waals surface area contributed by atoms with Crippen molar-refractivity contribution in [2.45, 2.75) is 6.92 Å². The minimum atomic E-state index is -0.289. The second-order valence-electron chi connectivity index (χ2n) is 3.75. The van der Waals surface area contributed by atoms with Crippen LogP contribution in [0.25, 0.3) is 0 Å². The van der Waals surface area contributed by atoms with Gasteiger partial charge in [-0.1, -0.05) is 12.1 Å². The molecule has 0 radical (unpaired) electrons. The number of benzene rings is 2. The Bertz CT molecular complexity index is 547. The number of halogens is 1. The Labute approximate surface area is 99.1 Å². The van der Waals surface area contributed by atoms with Crippen molar-refractivity contribution in [3.63, 3.8) is 0 Å². The van der Waals surface area contributed by atoms with Crippen LogP contribution >= 0.6 is 0 Å². The summed E-state index contributed by atoms with van der Waals surface area (Å²) >= 11 is 0. The zero-order valence-corrected chi connectivity index (χ0v) is 9.39. The molecule has 0 atom stereocenters. The van der Waals surface area contributed by atoms with Crippen LogP contribution in [0.15, 0.2) is 47.5 Å². The molecule has 0 spiro atoms. The third kappa shape index (κ3) is 2.69. The van der Waals surface area contributed by atoms with E-state index in [0.29, 0.717) is 11.3 Å². The van der Waals surface area contributed by atoms with E-state index in [0.717, 1.165) is 5.56 Å². The van der Waals surface area contributed by atoms with Crippen LogP contribution in [0.4, 0.5) is 10.1 Å². The van der Waals surface area contributed by atoms with Crippen molar-refractivity contribution < 1.29 is 9.50 Å². The highest BCUT2D eigenvalue weighted by molar-refractivity contribution is 5.85. The fourth-order valence-electron chi connectivity index (χ4n) is 1.46. The van der Waals surface area contributed by atoms with Crippen LogP contribution in [0.3, 0.4) is 0 Å². The molecule has 0 heterocycles. The second kappa shape index (κ2) is 4.78. The van der Waals surface area contributed by atoms with Crippen LogP contribution in [0.1, 0.15) is 11.1 Å². The molecule has 3 heteroatoms. The monoisotopic (exact) mass is 229 g/mol. The number of phenols is 1. The summed E-state index contributed by atoms with van der Waals surface area (Å²) in [6, 6.07) is 11.3. The predicted octanol–water partition coefficient (Wildman–Crippen LogP) is 3.59. The van der Waals surface area contributed by atoms with Gasteiger partial charge in [-0.3, -0.25) is 4.99 Å². The Hall–Kier alpha value is -2.16. The highest BCUT2D eigenvalue weighted by Gasteiger charge is 2.00. The van der Waals surface area contributed by atoms with E-state index in [2.05, 4.69) is 4.99 Å². The van der Waals surface area contributed by atoms with Gasteiger partial charge in [-0.2, -0.15) is 0 Å². The number of para-hydroxylation sites is 1. The SMILES string of the molecule is Cc1cccc(C=Nc2ccc(F)cc2)c1O. The van der Waals surface area contributed by atoms with Gasteiger partial charge in [0.05, 0.1) is 5.69 Å². The van der Waals surface area contributed by atoms with Crippen molar-refractivity contribution in [3.8, 4) is 5.75 Å². The minimum absolute atomic E-state index is 0.221. The molecule has 0 aliphatic rings. The van der Waals surface area contributed by atoms with Crippen molar-refractivity contribution in [2.75, 3.05) is 0 Å². The molecule has 0 aliphatic carbocycles. The lowest BCUT2D eigenvalue weighted by Crippen LogP contribution is -1.84. The second-order valence-corrected chi connectivity index (χ2v) is 3.75. The molecule has 0 aromatic heterocycles. The number of nitrogens with zero attached hydrogens (tertiary/aromatic N) is 1. The third-order valence-electron chi connectivity index (χ3n) is 2.45. The minimum Gasteiger partial charge on any atom is -0.507 e. The van der Waals surface area contributed by atoms with E-state index in [1.165, 1.54) is 12.1 Å². The highest BCUT2D eigenvalue weighted by atomic mass is 19.1. The summed E-state index contributed by atoms with van der Waals surface area (Å²) < 4.78 is 12.7. The van der Waals surface area contributed by atoms with Crippen LogP contribution < -0.4 is 0 Å². The van der Waals surface area contributed by atoms with Crippen LogP contribution in [0, 0.1) is 12.7 Å². The van der Waals surface area contributed by atoms with Gasteiger partial charge in [0.15, 0.2) is 0 Å². The molecule has 0 fully saturated rings. The van der Waals surface area contributed by atoms with E-state index in [1.807, 2.05) is 19.1 Å². The number of aryl methyl sites for hydroxylation is 1. The molecule has 2 rings (SSSR count). The fraction of sp³-hybridized carbons (Fsp3) is 0.0714. The predicted molar refractivity (Wildman–Crippen MR) is 66.5 cm³/mol. The average molecular weight is 229 g/mol. The number of phenolic OH excluding ortho intramolecular Hbond substituents is 1. The van der Waals surface area contributed by atoms with E-state index in [4.69, 9.17) is 0 Å². The third-order valence-corrected chi connectivity index (χ3v) is 2.45. The van der Waals surface area contributed by atoms with Gasteiger partial charge in [0, 0.05) is 11.8 Å². The van der Waals surface area contributed by atoms with Gasteiger partial charge in [-0.15, -0.1) is 0 Å². The number of hydrogen-bond donors (Lipinski definition) is 1. The maximum Gasteiger partial charge on any atom is 0.127 e. The van der Waals surface area contributed by atoms with Crippen LogP contribution in [0.5, 0.6) is 5.75 Å². The Balaban J connectivity index is 2.26. The van der Waals surface area contributed by atoms with Gasteiger partial charge < -0.3 is 5.11 Å². The summed E-state index contributed by atoms with van der Waals surface area (Å²) in [6.45, 7) is 1.82. The van der Waals surface area contributed by atoms with Crippen LogP contribution in [-0.4, -0.2) is 11.3 Å². The van der Waals surface area contributed by atoms with Crippen molar-refractivity contribution >= 4 is 11.9 Å². The van der Waals surface area contributed by atoms with E-state index in [9.17, 15) is 9.50 Å². The molecular formula is C14H12FNO. The summed E-state index contributed by atoms with van der Waals surface area (Å²) in [5.74, 6) is -0.0688. The van der Waals surface area contributed by atoms with Crippen LogP contribution in [0.2, 0.25) is 0 Å². The Kier molecular flexibility index (Phi) is 3.19. The molecule has 0 amide bonds. The first kappa shape index (κ1) is 11.3.